The van der Waals surface area contributed by atoms with Crippen LogP contribution in [0.5, 0.6) is 0 Å². The summed E-state index contributed by atoms with van der Waals surface area (Å²) in [4.78, 5) is 0. The lowest BCUT2D eigenvalue weighted by Gasteiger charge is -2.29. The van der Waals surface area contributed by atoms with Gasteiger partial charge in [-0.2, -0.15) is 0 Å². The summed E-state index contributed by atoms with van der Waals surface area (Å²) in [7, 11) is -3.10. The molecular weight excluding hydrogens is 242 g/mol. The molecule has 0 spiro atoms. The molecule has 0 aliphatic rings. The molecule has 0 fully saturated rings. The van der Waals surface area contributed by atoms with Gasteiger partial charge < -0.3 is 0 Å². The average molecular weight is 258 g/mol. The molecule has 0 bridgehead atoms. The highest BCUT2D eigenvalue weighted by Crippen LogP contribution is 2.18. The Hall–Kier alpha value is 0.390. The van der Waals surface area contributed by atoms with E-state index in [1.807, 2.05) is 13.8 Å². The molecule has 1 N–H and O–H groups in total. The lowest BCUT2D eigenvalue weighted by Crippen LogP contribution is -2.48. The maximum atomic E-state index is 11.0. The van der Waals surface area contributed by atoms with E-state index in [2.05, 4.69) is 20.7 Å². The Morgan fingerprint density at radius 2 is 1.75 bits per heavy atom. The molecule has 0 amide bonds. The number of alkyl halides is 1. The first-order chi connectivity index (χ1) is 5.39. The van der Waals surface area contributed by atoms with Crippen LogP contribution in [0.4, 0.5) is 0 Å². The highest BCUT2D eigenvalue weighted by atomic mass is 79.9. The van der Waals surface area contributed by atoms with Crippen molar-refractivity contribution in [2.75, 3.05) is 11.6 Å². The Labute approximate surface area is 83.1 Å². The van der Waals surface area contributed by atoms with Crippen LogP contribution in [0.2, 0.25) is 0 Å². The minimum Gasteiger partial charge on any atom is -0.213 e. The highest BCUT2D eigenvalue weighted by Gasteiger charge is 2.27. The monoisotopic (exact) mass is 257 g/mol. The van der Waals surface area contributed by atoms with Crippen LogP contribution in [-0.2, 0) is 10.0 Å². The molecule has 0 radical (unpaired) electrons. The van der Waals surface area contributed by atoms with Crippen molar-refractivity contribution in [2.45, 2.75) is 32.2 Å². The normalized spacial score (nSPS) is 13.3. The second-order valence-corrected chi connectivity index (χ2v) is 5.30. The van der Waals surface area contributed by atoms with Crippen LogP contribution in [0.3, 0.4) is 0 Å². The lowest BCUT2D eigenvalue weighted by molar-refractivity contribution is 0.400. The third-order valence-electron chi connectivity index (χ3n) is 2.01. The number of rotatable bonds is 5. The zero-order chi connectivity index (χ0) is 9.83. The van der Waals surface area contributed by atoms with Crippen LogP contribution in [0.15, 0.2) is 0 Å². The van der Waals surface area contributed by atoms with Crippen molar-refractivity contribution in [2.24, 2.45) is 0 Å². The SMILES string of the molecule is CCC(CC)(CBr)NS(C)(=O)=O. The third kappa shape index (κ3) is 3.87. The topological polar surface area (TPSA) is 46.2 Å². The summed E-state index contributed by atoms with van der Waals surface area (Å²) in [6.45, 7) is 3.95. The number of hydrogen-bond donors (Lipinski definition) is 1. The predicted molar refractivity (Wildman–Crippen MR) is 55.1 cm³/mol. The second kappa shape index (κ2) is 4.58. The fourth-order valence-electron chi connectivity index (χ4n) is 1.00. The molecule has 0 aliphatic carbocycles. The zero-order valence-electron chi connectivity index (χ0n) is 7.72. The lowest BCUT2D eigenvalue weighted by atomic mass is 9.97. The summed E-state index contributed by atoms with van der Waals surface area (Å²) < 4.78 is 24.6. The van der Waals surface area contributed by atoms with Gasteiger partial charge in [-0.3, -0.25) is 0 Å². The molecule has 0 aromatic rings. The van der Waals surface area contributed by atoms with E-state index in [1.54, 1.807) is 0 Å². The molecule has 0 rings (SSSR count). The Morgan fingerprint density at radius 1 is 1.33 bits per heavy atom. The fraction of sp³-hybridized carbons (Fsp3) is 1.00. The highest BCUT2D eigenvalue weighted by molar-refractivity contribution is 9.09. The molecule has 0 aliphatic heterocycles. The van der Waals surface area contributed by atoms with E-state index in [0.717, 1.165) is 12.8 Å². The maximum Gasteiger partial charge on any atom is 0.209 e. The predicted octanol–water partition coefficient (Wildman–Crippen LogP) is 1.49. The van der Waals surface area contributed by atoms with Crippen molar-refractivity contribution in [3.8, 4) is 0 Å². The van der Waals surface area contributed by atoms with E-state index in [0.29, 0.717) is 5.33 Å². The number of nitrogens with one attached hydrogen (secondary N) is 1. The average Bonchev–Trinajstić information content (AvgIpc) is 1.99. The van der Waals surface area contributed by atoms with Gasteiger partial charge in [0.05, 0.1) is 6.26 Å². The zero-order valence-corrected chi connectivity index (χ0v) is 10.1. The minimum atomic E-state index is -3.10. The molecule has 0 atom stereocenters. The number of hydrogen-bond acceptors (Lipinski definition) is 2. The first kappa shape index (κ1) is 12.4. The Morgan fingerprint density at radius 3 is 1.83 bits per heavy atom. The fourth-order valence-corrected chi connectivity index (χ4v) is 3.27. The van der Waals surface area contributed by atoms with Gasteiger partial charge in [-0.15, -0.1) is 0 Å². The molecule has 0 aromatic carbocycles. The van der Waals surface area contributed by atoms with Gasteiger partial charge in [0.15, 0.2) is 0 Å². The third-order valence-corrected chi connectivity index (χ3v) is 3.89. The molecule has 0 saturated heterocycles. The number of sulfonamides is 1. The first-order valence-corrected chi connectivity index (χ1v) is 6.95. The summed E-state index contributed by atoms with van der Waals surface area (Å²) in [5, 5.41) is 0.653. The maximum absolute atomic E-state index is 11.0. The van der Waals surface area contributed by atoms with Crippen LogP contribution in [-0.4, -0.2) is 25.5 Å². The second-order valence-electron chi connectivity index (χ2n) is 3.00. The molecule has 0 heterocycles. The summed E-state index contributed by atoms with van der Waals surface area (Å²) in [5.74, 6) is 0. The van der Waals surface area contributed by atoms with Crippen molar-refractivity contribution in [3.63, 3.8) is 0 Å². The summed E-state index contributed by atoms with van der Waals surface area (Å²) in [6.07, 6.45) is 2.78. The van der Waals surface area contributed by atoms with Gasteiger partial charge in [0.2, 0.25) is 10.0 Å². The van der Waals surface area contributed by atoms with Crippen LogP contribution in [0.1, 0.15) is 26.7 Å². The Kier molecular flexibility index (Phi) is 4.73. The molecule has 3 nitrogen and oxygen atoms in total. The van der Waals surface area contributed by atoms with E-state index in [-0.39, 0.29) is 5.54 Å². The summed E-state index contributed by atoms with van der Waals surface area (Å²) in [6, 6.07) is 0. The number of halogens is 1. The van der Waals surface area contributed by atoms with Crippen molar-refractivity contribution in [1.29, 1.82) is 0 Å². The smallest absolute Gasteiger partial charge is 0.209 e. The largest absolute Gasteiger partial charge is 0.213 e. The van der Waals surface area contributed by atoms with E-state index >= 15 is 0 Å². The van der Waals surface area contributed by atoms with Crippen LogP contribution in [0, 0.1) is 0 Å². The summed E-state index contributed by atoms with van der Waals surface area (Å²) in [5.41, 5.74) is -0.312. The van der Waals surface area contributed by atoms with Gasteiger partial charge in [-0.05, 0) is 12.8 Å². The van der Waals surface area contributed by atoms with Gasteiger partial charge in [0, 0.05) is 10.9 Å². The van der Waals surface area contributed by atoms with Crippen LogP contribution >= 0.6 is 15.9 Å². The van der Waals surface area contributed by atoms with Gasteiger partial charge in [-0.1, -0.05) is 29.8 Å². The van der Waals surface area contributed by atoms with Crippen molar-refractivity contribution >= 4 is 26.0 Å². The van der Waals surface area contributed by atoms with E-state index < -0.39 is 10.0 Å². The summed E-state index contributed by atoms with van der Waals surface area (Å²) >= 11 is 3.32. The molecule has 0 unspecified atom stereocenters. The molecule has 12 heavy (non-hydrogen) atoms. The van der Waals surface area contributed by atoms with E-state index in [4.69, 9.17) is 0 Å². The molecular formula is C7H16BrNO2S. The Balaban J connectivity index is 4.52. The van der Waals surface area contributed by atoms with Crippen LogP contribution < -0.4 is 4.72 Å². The molecule has 74 valence electrons. The molecule has 5 heteroatoms. The van der Waals surface area contributed by atoms with Gasteiger partial charge >= 0.3 is 0 Å². The van der Waals surface area contributed by atoms with Gasteiger partial charge in [0.25, 0.3) is 0 Å². The van der Waals surface area contributed by atoms with Gasteiger partial charge in [0.1, 0.15) is 0 Å². The van der Waals surface area contributed by atoms with Crippen LogP contribution in [0.25, 0.3) is 0 Å². The van der Waals surface area contributed by atoms with Crippen molar-refractivity contribution in [3.05, 3.63) is 0 Å². The van der Waals surface area contributed by atoms with E-state index in [9.17, 15) is 8.42 Å². The van der Waals surface area contributed by atoms with Crippen molar-refractivity contribution in [1.82, 2.24) is 4.72 Å². The standard InChI is InChI=1S/C7H16BrNO2S/c1-4-7(5-2,6-8)9-12(3,10)11/h9H,4-6H2,1-3H3. The quantitative estimate of drug-likeness (QED) is 0.759. The van der Waals surface area contributed by atoms with E-state index in [1.165, 1.54) is 6.26 Å². The van der Waals surface area contributed by atoms with Gasteiger partial charge in [-0.25, -0.2) is 13.1 Å². The molecule has 0 aromatic heterocycles. The Bertz CT molecular complexity index is 213. The first-order valence-electron chi connectivity index (χ1n) is 3.94. The molecule has 0 saturated carbocycles. The minimum absolute atomic E-state index is 0.312. The van der Waals surface area contributed by atoms with Crippen molar-refractivity contribution < 1.29 is 8.42 Å².